The summed E-state index contributed by atoms with van der Waals surface area (Å²) in [6, 6.07) is 5.88. The third-order valence-corrected chi connectivity index (χ3v) is 7.02. The Kier molecular flexibility index (Phi) is 5.06. The second-order valence-electron chi connectivity index (χ2n) is 6.89. The van der Waals surface area contributed by atoms with E-state index in [2.05, 4.69) is 15.3 Å². The van der Waals surface area contributed by atoms with Crippen LogP contribution in [0.1, 0.15) is 33.8 Å². The van der Waals surface area contributed by atoms with Gasteiger partial charge in [-0.3, -0.25) is 9.59 Å². The van der Waals surface area contributed by atoms with E-state index in [-0.39, 0.29) is 11.5 Å². The predicted molar refractivity (Wildman–Crippen MR) is 113 cm³/mol. The minimum Gasteiger partial charge on any atom is -0.325 e. The van der Waals surface area contributed by atoms with Crippen molar-refractivity contribution in [3.05, 3.63) is 55.9 Å². The van der Waals surface area contributed by atoms with Crippen molar-refractivity contribution in [2.24, 2.45) is 0 Å². The van der Waals surface area contributed by atoms with E-state index in [1.165, 1.54) is 27.8 Å². The molecule has 1 aromatic carbocycles. The minimum atomic E-state index is -0.0539. The standard InChI is InChI=1S/C20H21N3O2S2/c1-11-6-7-13(8-12(11)2)21-17(24)10-26-9-16-22-19(25)18-14-4-3-5-15(14)27-20(18)23-16/h6-8H,3-5,9-10H2,1-2H3,(H,21,24)(H,22,23,25). The van der Waals surface area contributed by atoms with E-state index in [4.69, 9.17) is 0 Å². The molecule has 7 heteroatoms. The summed E-state index contributed by atoms with van der Waals surface area (Å²) < 4.78 is 0. The molecule has 0 bridgehead atoms. The van der Waals surface area contributed by atoms with Crippen LogP contribution in [0.15, 0.2) is 23.0 Å². The summed E-state index contributed by atoms with van der Waals surface area (Å²) >= 11 is 3.09. The number of aromatic amines is 1. The Labute approximate surface area is 165 Å². The maximum Gasteiger partial charge on any atom is 0.259 e. The van der Waals surface area contributed by atoms with Gasteiger partial charge in [0.25, 0.3) is 5.56 Å². The molecule has 140 valence electrons. The first kappa shape index (κ1) is 18.3. The van der Waals surface area contributed by atoms with Crippen LogP contribution in [0.3, 0.4) is 0 Å². The van der Waals surface area contributed by atoms with Gasteiger partial charge in [0.1, 0.15) is 10.7 Å². The lowest BCUT2D eigenvalue weighted by atomic mass is 10.1. The summed E-state index contributed by atoms with van der Waals surface area (Å²) in [4.78, 5) is 34.2. The van der Waals surface area contributed by atoms with Gasteiger partial charge < -0.3 is 10.3 Å². The highest BCUT2D eigenvalue weighted by molar-refractivity contribution is 7.99. The molecular formula is C20H21N3O2S2. The molecule has 0 unspecified atom stereocenters. The van der Waals surface area contributed by atoms with Crippen LogP contribution in [0.2, 0.25) is 0 Å². The number of anilines is 1. The molecular weight excluding hydrogens is 378 g/mol. The fourth-order valence-corrected chi connectivity index (χ4v) is 5.34. The number of fused-ring (bicyclic) bond motifs is 3. The Bertz CT molecular complexity index is 1080. The Morgan fingerprint density at radius 1 is 1.30 bits per heavy atom. The monoisotopic (exact) mass is 399 g/mol. The molecule has 3 aromatic rings. The average molecular weight is 400 g/mol. The van der Waals surface area contributed by atoms with Gasteiger partial charge >= 0.3 is 0 Å². The number of nitrogens with zero attached hydrogens (tertiary/aromatic N) is 1. The van der Waals surface area contributed by atoms with Gasteiger partial charge in [0, 0.05) is 10.6 Å². The average Bonchev–Trinajstić information content (AvgIpc) is 3.18. The molecule has 2 aromatic heterocycles. The highest BCUT2D eigenvalue weighted by Gasteiger charge is 2.21. The second-order valence-corrected chi connectivity index (χ2v) is 8.96. The van der Waals surface area contributed by atoms with Gasteiger partial charge in [0.05, 0.1) is 16.9 Å². The van der Waals surface area contributed by atoms with Crippen molar-refractivity contribution in [3.8, 4) is 0 Å². The second kappa shape index (κ2) is 7.48. The Morgan fingerprint density at radius 2 is 2.15 bits per heavy atom. The lowest BCUT2D eigenvalue weighted by Crippen LogP contribution is -2.15. The topological polar surface area (TPSA) is 74.8 Å². The quantitative estimate of drug-likeness (QED) is 0.681. The van der Waals surface area contributed by atoms with Gasteiger partial charge in [-0.1, -0.05) is 6.07 Å². The first-order valence-corrected chi connectivity index (χ1v) is 11.0. The van der Waals surface area contributed by atoms with Crippen molar-refractivity contribution in [2.75, 3.05) is 11.1 Å². The fourth-order valence-electron chi connectivity index (χ4n) is 3.37. The normalized spacial score (nSPS) is 13.1. The summed E-state index contributed by atoms with van der Waals surface area (Å²) in [5.41, 5.74) is 4.31. The Morgan fingerprint density at radius 3 is 2.96 bits per heavy atom. The van der Waals surface area contributed by atoms with Crippen molar-refractivity contribution in [1.82, 2.24) is 9.97 Å². The summed E-state index contributed by atoms with van der Waals surface area (Å²) in [6.07, 6.45) is 3.16. The van der Waals surface area contributed by atoms with Gasteiger partial charge in [-0.05, 0) is 61.9 Å². The number of hydrogen-bond acceptors (Lipinski definition) is 5. The summed E-state index contributed by atoms with van der Waals surface area (Å²) in [7, 11) is 0. The number of nitrogens with one attached hydrogen (secondary N) is 2. The van der Waals surface area contributed by atoms with E-state index in [9.17, 15) is 9.59 Å². The summed E-state index contributed by atoms with van der Waals surface area (Å²) in [5.74, 6) is 1.40. The molecule has 27 heavy (non-hydrogen) atoms. The van der Waals surface area contributed by atoms with Crippen molar-refractivity contribution >= 4 is 44.9 Å². The molecule has 4 rings (SSSR count). The zero-order valence-electron chi connectivity index (χ0n) is 15.3. The van der Waals surface area contributed by atoms with E-state index >= 15 is 0 Å². The SMILES string of the molecule is Cc1ccc(NC(=O)CSCc2nc3sc4c(c3c(=O)[nH]2)CCC4)cc1C. The first-order valence-electron chi connectivity index (χ1n) is 8.99. The van der Waals surface area contributed by atoms with Gasteiger partial charge in [0.2, 0.25) is 5.91 Å². The number of benzene rings is 1. The molecule has 0 radical (unpaired) electrons. The molecule has 0 saturated heterocycles. The molecule has 1 amide bonds. The molecule has 0 fully saturated rings. The van der Waals surface area contributed by atoms with Crippen LogP contribution < -0.4 is 10.9 Å². The number of hydrogen-bond donors (Lipinski definition) is 2. The zero-order valence-corrected chi connectivity index (χ0v) is 17.0. The number of H-pyrrole nitrogens is 1. The molecule has 0 atom stereocenters. The van der Waals surface area contributed by atoms with E-state index in [0.717, 1.165) is 40.7 Å². The lowest BCUT2D eigenvalue weighted by Gasteiger charge is -2.07. The van der Waals surface area contributed by atoms with Crippen molar-refractivity contribution < 1.29 is 4.79 Å². The number of carbonyl (C=O) groups excluding carboxylic acids is 1. The molecule has 0 saturated carbocycles. The maximum absolute atomic E-state index is 12.4. The van der Waals surface area contributed by atoms with Crippen molar-refractivity contribution in [3.63, 3.8) is 0 Å². The van der Waals surface area contributed by atoms with Crippen LogP contribution in [-0.4, -0.2) is 21.6 Å². The van der Waals surface area contributed by atoms with E-state index in [0.29, 0.717) is 17.3 Å². The van der Waals surface area contributed by atoms with Crippen molar-refractivity contribution in [1.29, 1.82) is 0 Å². The largest absolute Gasteiger partial charge is 0.325 e. The van der Waals surface area contributed by atoms with Crippen LogP contribution in [-0.2, 0) is 23.4 Å². The lowest BCUT2D eigenvalue weighted by molar-refractivity contribution is -0.113. The van der Waals surface area contributed by atoms with Gasteiger partial charge in [-0.25, -0.2) is 4.98 Å². The first-order chi connectivity index (χ1) is 13.0. The highest BCUT2D eigenvalue weighted by Crippen LogP contribution is 2.34. The van der Waals surface area contributed by atoms with Crippen molar-refractivity contribution in [2.45, 2.75) is 38.9 Å². The summed E-state index contributed by atoms with van der Waals surface area (Å²) in [5, 5.41) is 3.69. The van der Waals surface area contributed by atoms with Crippen LogP contribution in [0.25, 0.3) is 10.2 Å². The van der Waals surface area contributed by atoms with Gasteiger partial charge in [-0.15, -0.1) is 23.1 Å². The number of aryl methyl sites for hydroxylation is 4. The minimum absolute atomic E-state index is 0.0467. The Hall–Kier alpha value is -2.12. The third kappa shape index (κ3) is 3.80. The zero-order chi connectivity index (χ0) is 19.0. The molecule has 2 heterocycles. The molecule has 2 N–H and O–H groups in total. The molecule has 0 spiro atoms. The van der Waals surface area contributed by atoms with E-state index in [1.807, 2.05) is 32.0 Å². The molecule has 0 aliphatic heterocycles. The number of thioether (sulfide) groups is 1. The van der Waals surface area contributed by atoms with E-state index < -0.39 is 0 Å². The molecule has 1 aliphatic rings. The fraction of sp³-hybridized carbons (Fsp3) is 0.350. The molecule has 5 nitrogen and oxygen atoms in total. The predicted octanol–water partition coefficient (Wildman–Crippen LogP) is 3.96. The highest BCUT2D eigenvalue weighted by atomic mass is 32.2. The van der Waals surface area contributed by atoms with Crippen LogP contribution >= 0.6 is 23.1 Å². The van der Waals surface area contributed by atoms with E-state index in [1.54, 1.807) is 11.3 Å². The van der Waals surface area contributed by atoms with Gasteiger partial charge in [0.15, 0.2) is 0 Å². The molecule has 1 aliphatic carbocycles. The van der Waals surface area contributed by atoms with Crippen LogP contribution in [0.4, 0.5) is 5.69 Å². The number of thiophene rings is 1. The Balaban J connectivity index is 1.38. The van der Waals surface area contributed by atoms with Crippen LogP contribution in [0, 0.1) is 13.8 Å². The maximum atomic E-state index is 12.4. The number of aromatic nitrogens is 2. The smallest absolute Gasteiger partial charge is 0.259 e. The number of rotatable bonds is 5. The third-order valence-electron chi connectivity index (χ3n) is 4.89. The number of carbonyl (C=O) groups is 1. The summed E-state index contributed by atoms with van der Waals surface area (Å²) in [6.45, 7) is 4.07. The number of amides is 1. The van der Waals surface area contributed by atoms with Gasteiger partial charge in [-0.2, -0.15) is 0 Å². The van der Waals surface area contributed by atoms with Crippen LogP contribution in [0.5, 0.6) is 0 Å².